The molecule has 2 amide bonds. The maximum Gasteiger partial charge on any atom is 0.270 e. The number of halogens is 1. The van der Waals surface area contributed by atoms with Gasteiger partial charge in [0.05, 0.1) is 6.54 Å². The summed E-state index contributed by atoms with van der Waals surface area (Å²) in [7, 11) is 0. The van der Waals surface area contributed by atoms with E-state index < -0.39 is 0 Å². The van der Waals surface area contributed by atoms with Crippen LogP contribution in [-0.2, 0) is 11.3 Å². The van der Waals surface area contributed by atoms with Gasteiger partial charge in [-0.3, -0.25) is 14.5 Å². The molecular formula is C22H23BrN4O2. The summed E-state index contributed by atoms with van der Waals surface area (Å²) in [5.74, 6) is 0.0142. The zero-order valence-electron chi connectivity index (χ0n) is 16.0. The Hall–Kier alpha value is -2.64. The van der Waals surface area contributed by atoms with E-state index in [2.05, 4.69) is 31.1 Å². The van der Waals surface area contributed by atoms with E-state index in [9.17, 15) is 9.59 Å². The van der Waals surface area contributed by atoms with Gasteiger partial charge in [-0.2, -0.15) is 0 Å². The number of hydrogen-bond donors (Lipinski definition) is 2. The van der Waals surface area contributed by atoms with Crippen molar-refractivity contribution < 1.29 is 9.59 Å². The molecule has 7 heteroatoms. The quantitative estimate of drug-likeness (QED) is 0.622. The van der Waals surface area contributed by atoms with Gasteiger partial charge in [-0.25, -0.2) is 0 Å². The van der Waals surface area contributed by atoms with Crippen LogP contribution in [0.1, 0.15) is 16.1 Å². The Bertz CT molecular complexity index is 1010. The normalized spacial score (nSPS) is 14.9. The van der Waals surface area contributed by atoms with Crippen molar-refractivity contribution in [2.24, 2.45) is 0 Å². The molecule has 2 heterocycles. The molecule has 0 spiro atoms. The SMILES string of the molecule is O=C(CN1CCN(C(=O)c2cc3cc(Br)ccc3[nH]2)CC1)NCc1ccccc1. The largest absolute Gasteiger partial charge is 0.351 e. The van der Waals surface area contributed by atoms with Gasteiger partial charge >= 0.3 is 0 Å². The Morgan fingerprint density at radius 3 is 2.52 bits per heavy atom. The van der Waals surface area contributed by atoms with Crippen molar-refractivity contribution >= 4 is 38.6 Å². The van der Waals surface area contributed by atoms with Crippen LogP contribution in [0, 0.1) is 0 Å². The van der Waals surface area contributed by atoms with Crippen LogP contribution in [0.5, 0.6) is 0 Å². The van der Waals surface area contributed by atoms with Gasteiger partial charge in [0.15, 0.2) is 0 Å². The van der Waals surface area contributed by atoms with E-state index in [0.717, 1.165) is 20.9 Å². The van der Waals surface area contributed by atoms with Crippen molar-refractivity contribution in [3.63, 3.8) is 0 Å². The minimum Gasteiger partial charge on any atom is -0.351 e. The predicted octanol–water partition coefficient (Wildman–Crippen LogP) is 3.00. The first-order chi connectivity index (χ1) is 14.1. The lowest BCUT2D eigenvalue weighted by Gasteiger charge is -2.34. The molecule has 1 aromatic heterocycles. The molecule has 0 unspecified atom stereocenters. The number of piperazine rings is 1. The Labute approximate surface area is 178 Å². The van der Waals surface area contributed by atoms with E-state index in [1.807, 2.05) is 59.5 Å². The van der Waals surface area contributed by atoms with E-state index >= 15 is 0 Å². The summed E-state index contributed by atoms with van der Waals surface area (Å²) in [6.07, 6.45) is 0. The summed E-state index contributed by atoms with van der Waals surface area (Å²) in [5.41, 5.74) is 2.64. The molecule has 29 heavy (non-hydrogen) atoms. The fourth-order valence-electron chi connectivity index (χ4n) is 3.55. The van der Waals surface area contributed by atoms with E-state index in [-0.39, 0.29) is 11.8 Å². The molecule has 2 N–H and O–H groups in total. The zero-order chi connectivity index (χ0) is 20.2. The van der Waals surface area contributed by atoms with Crippen LogP contribution >= 0.6 is 15.9 Å². The van der Waals surface area contributed by atoms with Crippen LogP contribution in [0.3, 0.4) is 0 Å². The van der Waals surface area contributed by atoms with Crippen LogP contribution < -0.4 is 5.32 Å². The van der Waals surface area contributed by atoms with Gasteiger partial charge in [-0.05, 0) is 29.8 Å². The molecular weight excluding hydrogens is 432 g/mol. The minimum absolute atomic E-state index is 0.00509. The molecule has 1 aliphatic heterocycles. The van der Waals surface area contributed by atoms with Crippen molar-refractivity contribution in [3.05, 3.63) is 70.3 Å². The van der Waals surface area contributed by atoms with E-state index in [4.69, 9.17) is 0 Å². The van der Waals surface area contributed by atoms with E-state index in [1.165, 1.54) is 0 Å². The lowest BCUT2D eigenvalue weighted by molar-refractivity contribution is -0.122. The number of rotatable bonds is 5. The number of carbonyl (C=O) groups excluding carboxylic acids is 2. The highest BCUT2D eigenvalue weighted by molar-refractivity contribution is 9.10. The summed E-state index contributed by atoms with van der Waals surface area (Å²) >= 11 is 3.46. The molecule has 2 aromatic carbocycles. The first kappa shape index (κ1) is 19.7. The average Bonchev–Trinajstić information content (AvgIpc) is 3.16. The summed E-state index contributed by atoms with van der Waals surface area (Å²) in [5, 5.41) is 3.97. The number of H-pyrrole nitrogens is 1. The Balaban J connectivity index is 1.27. The standard InChI is InChI=1S/C22H23BrN4O2/c23-18-6-7-19-17(12-18)13-20(25-19)22(29)27-10-8-26(9-11-27)15-21(28)24-14-16-4-2-1-3-5-16/h1-7,12-13,25H,8-11,14-15H2,(H,24,28). The highest BCUT2D eigenvalue weighted by atomic mass is 79.9. The molecule has 1 saturated heterocycles. The number of amides is 2. The zero-order valence-corrected chi connectivity index (χ0v) is 17.6. The van der Waals surface area contributed by atoms with Crippen molar-refractivity contribution in [1.82, 2.24) is 20.1 Å². The predicted molar refractivity (Wildman–Crippen MR) is 117 cm³/mol. The van der Waals surface area contributed by atoms with Gasteiger partial charge in [0.2, 0.25) is 5.91 Å². The first-order valence-electron chi connectivity index (χ1n) is 9.69. The molecule has 6 nitrogen and oxygen atoms in total. The lowest BCUT2D eigenvalue weighted by atomic mass is 10.2. The third-order valence-corrected chi connectivity index (χ3v) is 5.67. The highest BCUT2D eigenvalue weighted by Crippen LogP contribution is 2.21. The third-order valence-electron chi connectivity index (χ3n) is 5.17. The molecule has 1 fully saturated rings. The molecule has 0 radical (unpaired) electrons. The van der Waals surface area contributed by atoms with Gasteiger partial charge in [0.25, 0.3) is 5.91 Å². The highest BCUT2D eigenvalue weighted by Gasteiger charge is 2.24. The Morgan fingerprint density at radius 1 is 1.00 bits per heavy atom. The van der Waals surface area contributed by atoms with Crippen molar-refractivity contribution in [2.75, 3.05) is 32.7 Å². The average molecular weight is 455 g/mol. The monoisotopic (exact) mass is 454 g/mol. The topological polar surface area (TPSA) is 68.4 Å². The second kappa shape index (κ2) is 8.80. The molecule has 4 rings (SSSR count). The van der Waals surface area contributed by atoms with Crippen molar-refractivity contribution in [1.29, 1.82) is 0 Å². The van der Waals surface area contributed by atoms with E-state index in [1.54, 1.807) is 0 Å². The molecule has 0 bridgehead atoms. The van der Waals surface area contributed by atoms with Crippen LogP contribution in [0.15, 0.2) is 59.1 Å². The smallest absolute Gasteiger partial charge is 0.270 e. The number of nitrogens with zero attached hydrogens (tertiary/aromatic N) is 2. The Morgan fingerprint density at radius 2 is 1.76 bits per heavy atom. The van der Waals surface area contributed by atoms with Crippen LogP contribution in [0.25, 0.3) is 10.9 Å². The number of hydrogen-bond acceptors (Lipinski definition) is 3. The fourth-order valence-corrected chi connectivity index (χ4v) is 3.93. The number of aromatic nitrogens is 1. The third kappa shape index (κ3) is 4.86. The second-order valence-electron chi connectivity index (χ2n) is 7.25. The molecule has 0 aliphatic carbocycles. The molecule has 1 aliphatic rings. The lowest BCUT2D eigenvalue weighted by Crippen LogP contribution is -2.51. The van der Waals surface area contributed by atoms with Gasteiger partial charge in [0.1, 0.15) is 5.69 Å². The molecule has 0 atom stereocenters. The molecule has 3 aromatic rings. The maximum atomic E-state index is 12.8. The summed E-state index contributed by atoms with van der Waals surface area (Å²) < 4.78 is 0.988. The number of carbonyl (C=O) groups is 2. The van der Waals surface area contributed by atoms with Crippen molar-refractivity contribution in [2.45, 2.75) is 6.54 Å². The van der Waals surface area contributed by atoms with Gasteiger partial charge in [-0.15, -0.1) is 0 Å². The number of nitrogens with one attached hydrogen (secondary N) is 2. The molecule has 150 valence electrons. The molecule has 0 saturated carbocycles. The number of benzene rings is 2. The van der Waals surface area contributed by atoms with Gasteiger partial charge in [0, 0.05) is 48.1 Å². The number of aromatic amines is 1. The summed E-state index contributed by atoms with van der Waals surface area (Å²) in [6, 6.07) is 17.7. The summed E-state index contributed by atoms with van der Waals surface area (Å²) in [6.45, 7) is 3.50. The van der Waals surface area contributed by atoms with Crippen LogP contribution in [-0.4, -0.2) is 59.3 Å². The van der Waals surface area contributed by atoms with Crippen molar-refractivity contribution in [3.8, 4) is 0 Å². The van der Waals surface area contributed by atoms with Gasteiger partial charge in [-0.1, -0.05) is 46.3 Å². The van der Waals surface area contributed by atoms with E-state index in [0.29, 0.717) is 45.0 Å². The van der Waals surface area contributed by atoms with Crippen LogP contribution in [0.2, 0.25) is 0 Å². The fraction of sp³-hybridized carbons (Fsp3) is 0.273. The van der Waals surface area contributed by atoms with Crippen LogP contribution in [0.4, 0.5) is 0 Å². The van der Waals surface area contributed by atoms with Gasteiger partial charge < -0.3 is 15.2 Å². The summed E-state index contributed by atoms with van der Waals surface area (Å²) in [4.78, 5) is 32.2. The Kier molecular flexibility index (Phi) is 5.97. The first-order valence-corrected chi connectivity index (χ1v) is 10.5. The number of fused-ring (bicyclic) bond motifs is 1. The minimum atomic E-state index is 0.00509. The maximum absolute atomic E-state index is 12.8. The second-order valence-corrected chi connectivity index (χ2v) is 8.16.